The summed E-state index contributed by atoms with van der Waals surface area (Å²) >= 11 is 0. The predicted octanol–water partition coefficient (Wildman–Crippen LogP) is 2.83. The Bertz CT molecular complexity index is 1110. The van der Waals surface area contributed by atoms with E-state index < -0.39 is 0 Å². The zero-order chi connectivity index (χ0) is 21.3. The lowest BCUT2D eigenvalue weighted by molar-refractivity contribution is -0.139. The number of nitrogens with zero attached hydrogens (tertiary/aromatic N) is 4. The van der Waals surface area contributed by atoms with E-state index in [2.05, 4.69) is 4.98 Å². The standard InChI is InChI=1S/C22H21FN4O3/c1-14(28)26-9-10-27-19(13-26)21(22(25-27)15-3-5-17(23)6-4-15)16-7-8-24-18(11-16)12-20(29)30-2/h3-8,11H,9-10,12-13H2,1-2H3. The van der Waals surface area contributed by atoms with Crippen molar-refractivity contribution in [2.75, 3.05) is 13.7 Å². The van der Waals surface area contributed by atoms with Gasteiger partial charge in [0.1, 0.15) is 11.5 Å². The Morgan fingerprint density at radius 2 is 1.90 bits per heavy atom. The number of pyridine rings is 1. The minimum atomic E-state index is -0.377. The molecule has 0 saturated carbocycles. The van der Waals surface area contributed by atoms with Gasteiger partial charge in [0.2, 0.25) is 5.91 Å². The molecular weight excluding hydrogens is 387 g/mol. The molecule has 0 atom stereocenters. The van der Waals surface area contributed by atoms with Gasteiger partial charge in [-0.25, -0.2) is 4.39 Å². The maximum atomic E-state index is 13.5. The number of benzene rings is 1. The summed E-state index contributed by atoms with van der Waals surface area (Å²) in [5.41, 5.74) is 4.62. The first kappa shape index (κ1) is 19.8. The van der Waals surface area contributed by atoms with Crippen LogP contribution in [0.2, 0.25) is 0 Å². The van der Waals surface area contributed by atoms with Crippen molar-refractivity contribution in [3.8, 4) is 22.4 Å². The molecule has 0 unspecified atom stereocenters. The van der Waals surface area contributed by atoms with E-state index in [1.54, 1.807) is 30.2 Å². The van der Waals surface area contributed by atoms with Crippen molar-refractivity contribution in [1.29, 1.82) is 0 Å². The van der Waals surface area contributed by atoms with E-state index in [9.17, 15) is 14.0 Å². The van der Waals surface area contributed by atoms with Crippen LogP contribution in [0.1, 0.15) is 18.3 Å². The molecule has 1 aromatic carbocycles. The number of ether oxygens (including phenoxy) is 1. The normalized spacial score (nSPS) is 13.1. The van der Waals surface area contributed by atoms with Crippen molar-refractivity contribution < 1.29 is 18.7 Å². The van der Waals surface area contributed by atoms with Crippen molar-refractivity contribution in [3.63, 3.8) is 0 Å². The molecule has 30 heavy (non-hydrogen) atoms. The number of rotatable bonds is 4. The van der Waals surface area contributed by atoms with E-state index in [1.165, 1.54) is 19.2 Å². The number of amides is 1. The number of carbonyl (C=O) groups is 2. The molecular formula is C22H21FN4O3. The van der Waals surface area contributed by atoms with Crippen LogP contribution >= 0.6 is 0 Å². The molecule has 0 saturated heterocycles. The monoisotopic (exact) mass is 408 g/mol. The van der Waals surface area contributed by atoms with Crippen molar-refractivity contribution in [1.82, 2.24) is 19.7 Å². The molecule has 0 bridgehead atoms. The highest BCUT2D eigenvalue weighted by molar-refractivity contribution is 5.84. The van der Waals surface area contributed by atoms with Gasteiger partial charge in [0.05, 0.1) is 38.0 Å². The Hall–Kier alpha value is -3.55. The molecule has 1 aliphatic rings. The maximum Gasteiger partial charge on any atom is 0.311 e. The van der Waals surface area contributed by atoms with Gasteiger partial charge in [-0.15, -0.1) is 0 Å². The van der Waals surface area contributed by atoms with E-state index in [1.807, 2.05) is 16.8 Å². The Morgan fingerprint density at radius 1 is 1.13 bits per heavy atom. The molecule has 8 heteroatoms. The van der Waals surface area contributed by atoms with Crippen LogP contribution in [0.5, 0.6) is 0 Å². The first-order valence-electron chi connectivity index (χ1n) is 9.59. The molecule has 0 fully saturated rings. The molecule has 3 aromatic rings. The number of methoxy groups -OCH3 is 1. The first-order valence-corrected chi connectivity index (χ1v) is 9.59. The Labute approximate surface area is 173 Å². The number of fused-ring (bicyclic) bond motifs is 1. The molecule has 4 rings (SSSR count). The van der Waals surface area contributed by atoms with Crippen LogP contribution in [0.15, 0.2) is 42.6 Å². The number of aromatic nitrogens is 3. The number of halogens is 1. The summed E-state index contributed by atoms with van der Waals surface area (Å²) in [6.07, 6.45) is 1.69. The van der Waals surface area contributed by atoms with Crippen LogP contribution < -0.4 is 0 Å². The molecule has 0 spiro atoms. The number of carbonyl (C=O) groups excluding carboxylic acids is 2. The van der Waals surface area contributed by atoms with E-state index in [0.717, 1.165) is 22.4 Å². The average molecular weight is 408 g/mol. The Balaban J connectivity index is 1.86. The number of hydrogen-bond donors (Lipinski definition) is 0. The number of hydrogen-bond acceptors (Lipinski definition) is 5. The average Bonchev–Trinajstić information content (AvgIpc) is 3.13. The van der Waals surface area contributed by atoms with E-state index >= 15 is 0 Å². The molecule has 1 aliphatic heterocycles. The van der Waals surface area contributed by atoms with Gasteiger partial charge in [-0.3, -0.25) is 19.3 Å². The highest BCUT2D eigenvalue weighted by atomic mass is 19.1. The lowest BCUT2D eigenvalue weighted by Crippen LogP contribution is -2.37. The fraction of sp³-hybridized carbons (Fsp3) is 0.273. The summed E-state index contributed by atoms with van der Waals surface area (Å²) in [5.74, 6) is -0.702. The van der Waals surface area contributed by atoms with Crippen molar-refractivity contribution in [2.24, 2.45) is 0 Å². The van der Waals surface area contributed by atoms with Crippen LogP contribution in [0.4, 0.5) is 4.39 Å². The zero-order valence-electron chi connectivity index (χ0n) is 16.8. The van der Waals surface area contributed by atoms with E-state index in [-0.39, 0.29) is 24.1 Å². The molecule has 7 nitrogen and oxygen atoms in total. The molecule has 0 aliphatic carbocycles. The van der Waals surface area contributed by atoms with Crippen molar-refractivity contribution in [2.45, 2.75) is 26.4 Å². The van der Waals surface area contributed by atoms with Gasteiger partial charge >= 0.3 is 5.97 Å². The molecule has 0 N–H and O–H groups in total. The van der Waals surface area contributed by atoms with Crippen LogP contribution in [-0.4, -0.2) is 45.2 Å². The second-order valence-electron chi connectivity index (χ2n) is 7.13. The smallest absolute Gasteiger partial charge is 0.311 e. The van der Waals surface area contributed by atoms with E-state index in [4.69, 9.17) is 9.84 Å². The summed E-state index contributed by atoms with van der Waals surface area (Å²) < 4.78 is 20.1. The predicted molar refractivity (Wildman–Crippen MR) is 108 cm³/mol. The fourth-order valence-corrected chi connectivity index (χ4v) is 3.65. The van der Waals surface area contributed by atoms with E-state index in [0.29, 0.717) is 31.0 Å². The third-order valence-corrected chi connectivity index (χ3v) is 5.20. The summed E-state index contributed by atoms with van der Waals surface area (Å²) in [4.78, 5) is 29.7. The second kappa shape index (κ2) is 8.06. The zero-order valence-corrected chi connectivity index (χ0v) is 16.8. The van der Waals surface area contributed by atoms with Gasteiger partial charge in [0.15, 0.2) is 0 Å². The Kier molecular flexibility index (Phi) is 5.31. The summed E-state index contributed by atoms with van der Waals surface area (Å²) in [6.45, 7) is 3.13. The summed E-state index contributed by atoms with van der Waals surface area (Å²) in [5, 5.41) is 4.77. The molecule has 154 valence electrons. The Morgan fingerprint density at radius 3 is 2.60 bits per heavy atom. The highest BCUT2D eigenvalue weighted by Crippen LogP contribution is 2.36. The topological polar surface area (TPSA) is 77.3 Å². The number of esters is 1. The van der Waals surface area contributed by atoms with Crippen LogP contribution in [-0.2, 0) is 33.8 Å². The van der Waals surface area contributed by atoms with Gasteiger partial charge in [0.25, 0.3) is 0 Å². The summed E-state index contributed by atoms with van der Waals surface area (Å²) in [7, 11) is 1.34. The minimum Gasteiger partial charge on any atom is -0.469 e. The van der Waals surface area contributed by atoms with Gasteiger partial charge in [-0.2, -0.15) is 5.10 Å². The molecule has 1 amide bonds. The van der Waals surface area contributed by atoms with Gasteiger partial charge in [-0.05, 0) is 42.0 Å². The lowest BCUT2D eigenvalue weighted by Gasteiger charge is -2.27. The quantitative estimate of drug-likeness (QED) is 0.621. The third kappa shape index (κ3) is 3.80. The minimum absolute atomic E-state index is 0.00200. The summed E-state index contributed by atoms with van der Waals surface area (Å²) in [6, 6.07) is 9.84. The van der Waals surface area contributed by atoms with Crippen molar-refractivity contribution in [3.05, 3.63) is 59.8 Å². The molecule has 3 heterocycles. The van der Waals surface area contributed by atoms with Crippen LogP contribution in [0.25, 0.3) is 22.4 Å². The van der Waals surface area contributed by atoms with Gasteiger partial charge in [0, 0.05) is 30.8 Å². The highest BCUT2D eigenvalue weighted by Gasteiger charge is 2.27. The van der Waals surface area contributed by atoms with Gasteiger partial charge < -0.3 is 9.64 Å². The molecule has 2 aromatic heterocycles. The van der Waals surface area contributed by atoms with Crippen molar-refractivity contribution >= 4 is 11.9 Å². The lowest BCUT2D eigenvalue weighted by atomic mass is 9.98. The van der Waals surface area contributed by atoms with Gasteiger partial charge in [-0.1, -0.05) is 0 Å². The largest absolute Gasteiger partial charge is 0.469 e. The van der Waals surface area contributed by atoms with Crippen LogP contribution in [0.3, 0.4) is 0 Å². The van der Waals surface area contributed by atoms with Crippen LogP contribution in [0, 0.1) is 5.82 Å². The second-order valence-corrected chi connectivity index (χ2v) is 7.13. The third-order valence-electron chi connectivity index (χ3n) is 5.20. The first-order chi connectivity index (χ1) is 14.5. The SMILES string of the molecule is COC(=O)Cc1cc(-c2c(-c3ccc(F)cc3)nn3c2CN(C(C)=O)CC3)ccn1. The molecule has 0 radical (unpaired) electrons. The maximum absolute atomic E-state index is 13.5. The fourth-order valence-electron chi connectivity index (χ4n) is 3.65.